The summed E-state index contributed by atoms with van der Waals surface area (Å²) < 4.78 is 0. The van der Waals surface area contributed by atoms with Crippen molar-refractivity contribution in [2.75, 3.05) is 4.90 Å². The molecule has 3 nitrogen and oxygen atoms in total. The molecule has 0 aromatic heterocycles. The van der Waals surface area contributed by atoms with Gasteiger partial charge < -0.3 is 0 Å². The van der Waals surface area contributed by atoms with E-state index in [-0.39, 0.29) is 5.91 Å². The van der Waals surface area contributed by atoms with Crippen LogP contribution in [0.1, 0.15) is 44.7 Å². The number of nitrogens with zero attached hydrogens (tertiary/aromatic N) is 2. The highest BCUT2D eigenvalue weighted by Gasteiger charge is 2.39. The van der Waals surface area contributed by atoms with Gasteiger partial charge in [-0.2, -0.15) is 0 Å². The van der Waals surface area contributed by atoms with E-state index in [0.717, 1.165) is 57.9 Å². The molecule has 0 radical (unpaired) electrons. The maximum atomic E-state index is 13.2. The van der Waals surface area contributed by atoms with E-state index < -0.39 is 0 Å². The SMILES string of the molecule is C=C/C=C1/N=C2C(CCC)=C(C=C(C)C)C(=O)N2c2cccc(C)c21. The van der Waals surface area contributed by atoms with Crippen molar-refractivity contribution in [1.82, 2.24) is 0 Å². The number of amides is 1. The smallest absolute Gasteiger partial charge is 0.264 e. The lowest BCUT2D eigenvalue weighted by molar-refractivity contribution is -0.113. The highest BCUT2D eigenvalue weighted by Crippen LogP contribution is 2.41. The van der Waals surface area contributed by atoms with Crippen LogP contribution in [0.15, 0.2) is 64.7 Å². The quantitative estimate of drug-likeness (QED) is 0.732. The fourth-order valence-corrected chi connectivity index (χ4v) is 3.45. The number of aliphatic imine (C=N–C) groups is 1. The Morgan fingerprint density at radius 3 is 2.72 bits per heavy atom. The largest absolute Gasteiger partial charge is 0.268 e. The summed E-state index contributed by atoms with van der Waals surface area (Å²) in [4.78, 5) is 19.9. The molecule has 0 saturated heterocycles. The van der Waals surface area contributed by atoms with Crippen LogP contribution in [0.25, 0.3) is 5.70 Å². The van der Waals surface area contributed by atoms with Gasteiger partial charge in [-0.3, -0.25) is 9.69 Å². The van der Waals surface area contributed by atoms with E-state index in [1.165, 1.54) is 0 Å². The van der Waals surface area contributed by atoms with Crippen LogP contribution in [0.3, 0.4) is 0 Å². The molecule has 3 heteroatoms. The molecule has 0 fully saturated rings. The third kappa shape index (κ3) is 2.80. The van der Waals surface area contributed by atoms with Crippen LogP contribution in [0, 0.1) is 6.92 Å². The Hall–Kier alpha value is -2.68. The molecule has 1 amide bonds. The van der Waals surface area contributed by atoms with Gasteiger partial charge in [-0.25, -0.2) is 4.99 Å². The third-order valence-corrected chi connectivity index (χ3v) is 4.42. The van der Waals surface area contributed by atoms with Crippen LogP contribution in [-0.4, -0.2) is 11.7 Å². The van der Waals surface area contributed by atoms with E-state index in [2.05, 4.69) is 13.5 Å². The number of allylic oxidation sites excluding steroid dienone is 3. The molecule has 2 aliphatic heterocycles. The van der Waals surface area contributed by atoms with Gasteiger partial charge in [-0.05, 0) is 44.9 Å². The minimum absolute atomic E-state index is 0.0212. The molecular weight excluding hydrogens is 308 g/mol. The molecule has 0 atom stereocenters. The topological polar surface area (TPSA) is 32.7 Å². The number of rotatable bonds is 4. The van der Waals surface area contributed by atoms with E-state index in [0.29, 0.717) is 0 Å². The molecule has 1 aromatic rings. The normalized spacial score (nSPS) is 17.4. The van der Waals surface area contributed by atoms with Gasteiger partial charge in [0.25, 0.3) is 5.91 Å². The molecular formula is C22H24N2O. The Bertz CT molecular complexity index is 877. The predicted molar refractivity (Wildman–Crippen MR) is 106 cm³/mol. The second-order valence-corrected chi connectivity index (χ2v) is 6.70. The Morgan fingerprint density at radius 1 is 1.32 bits per heavy atom. The summed E-state index contributed by atoms with van der Waals surface area (Å²) in [6.07, 6.45) is 7.46. The summed E-state index contributed by atoms with van der Waals surface area (Å²) in [5.74, 6) is 0.790. The van der Waals surface area contributed by atoms with Gasteiger partial charge >= 0.3 is 0 Å². The summed E-state index contributed by atoms with van der Waals surface area (Å²) in [6, 6.07) is 6.05. The Morgan fingerprint density at radius 2 is 2.08 bits per heavy atom. The third-order valence-electron chi connectivity index (χ3n) is 4.42. The number of aryl methyl sites for hydroxylation is 1. The van der Waals surface area contributed by atoms with E-state index in [4.69, 9.17) is 4.99 Å². The number of benzene rings is 1. The van der Waals surface area contributed by atoms with E-state index in [1.807, 2.05) is 51.1 Å². The fraction of sp³-hybridized carbons (Fsp3) is 0.273. The van der Waals surface area contributed by atoms with Gasteiger partial charge in [0.15, 0.2) is 0 Å². The van der Waals surface area contributed by atoms with Gasteiger partial charge in [0, 0.05) is 16.7 Å². The van der Waals surface area contributed by atoms with Crippen molar-refractivity contribution in [3.63, 3.8) is 0 Å². The number of carbonyl (C=O) groups excluding carboxylic acids is 1. The minimum Gasteiger partial charge on any atom is -0.268 e. The fourth-order valence-electron chi connectivity index (χ4n) is 3.45. The second kappa shape index (κ2) is 6.67. The maximum Gasteiger partial charge on any atom is 0.264 e. The number of hydrogen-bond acceptors (Lipinski definition) is 2. The highest BCUT2D eigenvalue weighted by molar-refractivity contribution is 6.38. The number of fused-ring (bicyclic) bond motifs is 3. The van der Waals surface area contributed by atoms with Crippen molar-refractivity contribution in [3.05, 3.63) is 70.9 Å². The maximum absolute atomic E-state index is 13.2. The minimum atomic E-state index is 0.0212. The molecule has 0 aliphatic carbocycles. The first-order chi connectivity index (χ1) is 12.0. The summed E-state index contributed by atoms with van der Waals surface area (Å²) >= 11 is 0. The molecule has 2 aliphatic rings. The van der Waals surface area contributed by atoms with Crippen LogP contribution < -0.4 is 4.90 Å². The Balaban J connectivity index is 2.29. The molecule has 0 bridgehead atoms. The van der Waals surface area contributed by atoms with Gasteiger partial charge in [-0.15, -0.1) is 0 Å². The average molecular weight is 332 g/mol. The lowest BCUT2D eigenvalue weighted by Gasteiger charge is -2.28. The molecule has 128 valence electrons. The van der Waals surface area contributed by atoms with Crippen LogP contribution >= 0.6 is 0 Å². The number of carbonyl (C=O) groups is 1. The molecule has 1 aromatic carbocycles. The summed E-state index contributed by atoms with van der Waals surface area (Å²) in [5, 5.41) is 0. The van der Waals surface area contributed by atoms with Crippen LogP contribution in [0.4, 0.5) is 5.69 Å². The van der Waals surface area contributed by atoms with Crippen molar-refractivity contribution in [3.8, 4) is 0 Å². The lowest BCUT2D eigenvalue weighted by Crippen LogP contribution is -2.35. The van der Waals surface area contributed by atoms with Crippen molar-refractivity contribution >= 4 is 23.1 Å². The van der Waals surface area contributed by atoms with Crippen molar-refractivity contribution in [2.24, 2.45) is 4.99 Å². The predicted octanol–water partition coefficient (Wildman–Crippen LogP) is 5.34. The van der Waals surface area contributed by atoms with Gasteiger partial charge in [0.1, 0.15) is 5.84 Å². The van der Waals surface area contributed by atoms with Gasteiger partial charge in [0.2, 0.25) is 0 Å². The van der Waals surface area contributed by atoms with Crippen LogP contribution in [-0.2, 0) is 4.79 Å². The number of anilines is 1. The van der Waals surface area contributed by atoms with Gasteiger partial charge in [0.05, 0.1) is 11.4 Å². The highest BCUT2D eigenvalue weighted by atomic mass is 16.2. The molecule has 2 heterocycles. The zero-order valence-electron chi connectivity index (χ0n) is 15.4. The van der Waals surface area contributed by atoms with Crippen molar-refractivity contribution < 1.29 is 4.79 Å². The first-order valence-electron chi connectivity index (χ1n) is 8.73. The monoisotopic (exact) mass is 332 g/mol. The molecule has 3 rings (SSSR count). The molecule has 0 unspecified atom stereocenters. The molecule has 0 N–H and O–H groups in total. The Kier molecular flexibility index (Phi) is 4.58. The standard InChI is InChI=1S/C22H24N2O/c1-6-9-16-17(13-14(3)4)22(25)24-19-12-8-11-15(5)20(19)18(10-7-2)23-21(16)24/h7-8,10-13H,2,6,9H2,1,3-5H3/b18-10+. The molecule has 0 spiro atoms. The summed E-state index contributed by atoms with van der Waals surface area (Å²) in [7, 11) is 0. The zero-order chi connectivity index (χ0) is 18.1. The number of hydrogen-bond donors (Lipinski definition) is 0. The van der Waals surface area contributed by atoms with E-state index in [1.54, 1.807) is 11.0 Å². The first kappa shape index (κ1) is 17.2. The average Bonchev–Trinajstić information content (AvgIpc) is 2.81. The number of amidine groups is 1. The van der Waals surface area contributed by atoms with Crippen LogP contribution in [0.5, 0.6) is 0 Å². The second-order valence-electron chi connectivity index (χ2n) is 6.70. The summed E-state index contributed by atoms with van der Waals surface area (Å²) in [6.45, 7) is 12.0. The summed E-state index contributed by atoms with van der Waals surface area (Å²) in [5.41, 5.74) is 6.82. The van der Waals surface area contributed by atoms with Crippen LogP contribution in [0.2, 0.25) is 0 Å². The zero-order valence-corrected chi connectivity index (χ0v) is 15.4. The lowest BCUT2D eigenvalue weighted by atomic mass is 9.99. The van der Waals surface area contributed by atoms with Crippen molar-refractivity contribution in [1.29, 1.82) is 0 Å². The Labute approximate surface area is 149 Å². The van der Waals surface area contributed by atoms with Gasteiger partial charge in [-0.1, -0.05) is 49.8 Å². The van der Waals surface area contributed by atoms with E-state index in [9.17, 15) is 4.79 Å². The first-order valence-corrected chi connectivity index (χ1v) is 8.73. The molecule has 25 heavy (non-hydrogen) atoms. The van der Waals surface area contributed by atoms with E-state index >= 15 is 0 Å². The van der Waals surface area contributed by atoms with Crippen molar-refractivity contribution in [2.45, 2.75) is 40.5 Å². The molecule has 0 saturated carbocycles.